The molecule has 0 bridgehead atoms. The predicted molar refractivity (Wildman–Crippen MR) is 68.9 cm³/mol. The molecule has 0 amide bonds. The highest BCUT2D eigenvalue weighted by Gasteiger charge is 2.41. The fraction of sp³-hybridized carbons (Fsp3) is 0.600. The van der Waals surface area contributed by atoms with Crippen LogP contribution in [0.3, 0.4) is 0 Å². The van der Waals surface area contributed by atoms with E-state index in [4.69, 9.17) is 0 Å². The molecule has 2 nitrogen and oxygen atoms in total. The molecule has 6 heteroatoms. The van der Waals surface area contributed by atoms with Gasteiger partial charge in [0.2, 0.25) is 0 Å². The number of hydrogen-bond acceptors (Lipinski definition) is 2. The number of hydrogen-bond donors (Lipinski definition) is 1. The summed E-state index contributed by atoms with van der Waals surface area (Å²) in [4.78, 5) is 1.94. The van der Waals surface area contributed by atoms with E-state index in [0.29, 0.717) is 24.9 Å². The van der Waals surface area contributed by atoms with Gasteiger partial charge in [0.05, 0.1) is 11.7 Å². The molecule has 1 aliphatic carbocycles. The third-order valence-electron chi connectivity index (χ3n) is 4.57. The molecule has 1 saturated carbocycles. The van der Waals surface area contributed by atoms with Crippen molar-refractivity contribution in [1.29, 1.82) is 0 Å². The zero-order valence-corrected chi connectivity index (χ0v) is 11.4. The van der Waals surface area contributed by atoms with Crippen molar-refractivity contribution < 1.29 is 22.7 Å². The van der Waals surface area contributed by atoms with Crippen molar-refractivity contribution in [2.24, 2.45) is 11.8 Å². The first-order valence-corrected chi connectivity index (χ1v) is 7.09. The number of aliphatic hydroxyl groups excluding tert-OH is 1. The van der Waals surface area contributed by atoms with Gasteiger partial charge in [0.25, 0.3) is 0 Å². The van der Waals surface area contributed by atoms with Crippen molar-refractivity contribution in [3.8, 4) is 0 Å². The van der Waals surface area contributed by atoms with Gasteiger partial charge < -0.3 is 5.11 Å². The largest absolute Gasteiger partial charge is 0.416 e. The molecule has 21 heavy (non-hydrogen) atoms. The van der Waals surface area contributed by atoms with E-state index in [9.17, 15) is 22.7 Å². The summed E-state index contributed by atoms with van der Waals surface area (Å²) in [5.74, 6) is 0.0543. The number of halogens is 4. The lowest BCUT2D eigenvalue weighted by Gasteiger charge is -2.20. The van der Waals surface area contributed by atoms with Gasteiger partial charge in [-0.25, -0.2) is 4.39 Å². The minimum absolute atomic E-state index is 0.0111. The normalized spacial score (nSPS) is 29.9. The second-order valence-corrected chi connectivity index (χ2v) is 6.14. The lowest BCUT2D eigenvalue weighted by atomic mass is 10.0. The first-order valence-electron chi connectivity index (χ1n) is 7.09. The van der Waals surface area contributed by atoms with E-state index in [1.807, 2.05) is 4.90 Å². The molecule has 3 atom stereocenters. The first kappa shape index (κ1) is 14.8. The number of benzene rings is 1. The maximum atomic E-state index is 13.3. The van der Waals surface area contributed by atoms with Gasteiger partial charge in [-0.15, -0.1) is 0 Å². The first-order chi connectivity index (χ1) is 9.83. The average Bonchev–Trinajstić information content (AvgIpc) is 2.83. The monoisotopic (exact) mass is 303 g/mol. The Hall–Kier alpha value is -1.14. The molecule has 1 aliphatic heterocycles. The molecule has 1 aromatic carbocycles. The van der Waals surface area contributed by atoms with Crippen LogP contribution in [-0.2, 0) is 12.7 Å². The smallest absolute Gasteiger partial charge is 0.393 e. The van der Waals surface area contributed by atoms with Crippen molar-refractivity contribution in [1.82, 2.24) is 4.90 Å². The molecular weight excluding hydrogens is 286 g/mol. The van der Waals surface area contributed by atoms with Gasteiger partial charge in [-0.3, -0.25) is 4.90 Å². The zero-order chi connectivity index (χ0) is 15.2. The second-order valence-electron chi connectivity index (χ2n) is 6.14. The van der Waals surface area contributed by atoms with Crippen molar-refractivity contribution in [2.45, 2.75) is 31.7 Å². The van der Waals surface area contributed by atoms with Gasteiger partial charge in [0.1, 0.15) is 5.82 Å². The van der Waals surface area contributed by atoms with Crippen LogP contribution in [0.2, 0.25) is 0 Å². The van der Waals surface area contributed by atoms with E-state index < -0.39 is 17.6 Å². The molecule has 0 aromatic heterocycles. The van der Waals surface area contributed by atoms with Crippen LogP contribution in [0.4, 0.5) is 17.6 Å². The lowest BCUT2D eigenvalue weighted by molar-refractivity contribution is -0.138. The maximum absolute atomic E-state index is 13.3. The van der Waals surface area contributed by atoms with Crippen LogP contribution in [0, 0.1) is 17.7 Å². The molecule has 0 spiro atoms. The van der Waals surface area contributed by atoms with Crippen molar-refractivity contribution in [3.63, 3.8) is 0 Å². The average molecular weight is 303 g/mol. The number of alkyl halides is 3. The maximum Gasteiger partial charge on any atom is 0.416 e. The summed E-state index contributed by atoms with van der Waals surface area (Å²) in [6.07, 6.45) is -3.30. The zero-order valence-electron chi connectivity index (χ0n) is 11.4. The highest BCUT2D eigenvalue weighted by atomic mass is 19.4. The Balaban J connectivity index is 1.75. The Kier molecular flexibility index (Phi) is 3.69. The van der Waals surface area contributed by atoms with Gasteiger partial charge in [-0.05, 0) is 48.4 Å². The molecule has 0 radical (unpaired) electrons. The molecule has 1 saturated heterocycles. The Labute approximate surface area is 120 Å². The van der Waals surface area contributed by atoms with Crippen molar-refractivity contribution in [3.05, 3.63) is 35.1 Å². The molecule has 2 aliphatic rings. The van der Waals surface area contributed by atoms with E-state index in [0.717, 1.165) is 31.0 Å². The third kappa shape index (κ3) is 3.06. The number of rotatable bonds is 2. The van der Waals surface area contributed by atoms with Crippen molar-refractivity contribution >= 4 is 0 Å². The standard InChI is InChI=1S/C15H17F4NO/c16-12-1-2-14(15(17,18)19)11(3-12)8-20-6-9-4-13(21)5-10(9)7-20/h1-3,9-10,13,21H,4-8H2/t9-,10+,13?. The predicted octanol–water partition coefficient (Wildman–Crippen LogP) is 3.05. The molecule has 1 heterocycles. The Morgan fingerprint density at radius 1 is 1.14 bits per heavy atom. The van der Waals surface area contributed by atoms with Gasteiger partial charge in [0, 0.05) is 19.6 Å². The Morgan fingerprint density at radius 3 is 2.33 bits per heavy atom. The van der Waals surface area contributed by atoms with E-state index in [1.165, 1.54) is 0 Å². The van der Waals surface area contributed by atoms with Crippen LogP contribution < -0.4 is 0 Å². The fourth-order valence-corrected chi connectivity index (χ4v) is 3.70. The van der Waals surface area contributed by atoms with Crippen LogP contribution in [-0.4, -0.2) is 29.2 Å². The quantitative estimate of drug-likeness (QED) is 0.849. The van der Waals surface area contributed by atoms with Gasteiger partial charge in [-0.1, -0.05) is 0 Å². The minimum Gasteiger partial charge on any atom is -0.393 e. The molecule has 2 fully saturated rings. The molecule has 1 unspecified atom stereocenters. The number of nitrogens with zero attached hydrogens (tertiary/aromatic N) is 1. The molecular formula is C15H17F4NO. The molecule has 1 N–H and O–H groups in total. The third-order valence-corrected chi connectivity index (χ3v) is 4.57. The van der Waals surface area contributed by atoms with E-state index in [2.05, 4.69) is 0 Å². The minimum atomic E-state index is -4.46. The number of likely N-dealkylation sites (tertiary alicyclic amines) is 1. The fourth-order valence-electron chi connectivity index (χ4n) is 3.70. The molecule has 116 valence electrons. The van der Waals surface area contributed by atoms with Crippen LogP contribution in [0.1, 0.15) is 24.0 Å². The van der Waals surface area contributed by atoms with Crippen LogP contribution in [0.15, 0.2) is 18.2 Å². The van der Waals surface area contributed by atoms with Gasteiger partial charge >= 0.3 is 6.18 Å². The Morgan fingerprint density at radius 2 is 1.76 bits per heavy atom. The molecule has 3 rings (SSSR count). The van der Waals surface area contributed by atoms with Gasteiger partial charge in [-0.2, -0.15) is 13.2 Å². The SMILES string of the molecule is OC1C[C@@H]2CN(Cc3cc(F)ccc3C(F)(F)F)C[C@@H]2C1. The highest BCUT2D eigenvalue weighted by Crippen LogP contribution is 2.39. The Bertz CT molecular complexity index is 517. The summed E-state index contributed by atoms with van der Waals surface area (Å²) in [5.41, 5.74) is -0.774. The summed E-state index contributed by atoms with van der Waals surface area (Å²) in [6.45, 7) is 1.46. The molecule has 1 aromatic rings. The summed E-state index contributed by atoms with van der Waals surface area (Å²) in [7, 11) is 0. The van der Waals surface area contributed by atoms with E-state index >= 15 is 0 Å². The van der Waals surface area contributed by atoms with E-state index in [1.54, 1.807) is 0 Å². The summed E-state index contributed by atoms with van der Waals surface area (Å²) < 4.78 is 52.2. The summed E-state index contributed by atoms with van der Waals surface area (Å²) in [6, 6.07) is 2.64. The highest BCUT2D eigenvalue weighted by molar-refractivity contribution is 5.30. The van der Waals surface area contributed by atoms with Crippen LogP contribution in [0.5, 0.6) is 0 Å². The van der Waals surface area contributed by atoms with Crippen molar-refractivity contribution in [2.75, 3.05) is 13.1 Å². The van der Waals surface area contributed by atoms with Gasteiger partial charge in [0.15, 0.2) is 0 Å². The van der Waals surface area contributed by atoms with Crippen LogP contribution in [0.25, 0.3) is 0 Å². The summed E-state index contributed by atoms with van der Waals surface area (Å²) in [5, 5.41) is 9.58. The lowest BCUT2D eigenvalue weighted by Crippen LogP contribution is -2.24. The van der Waals surface area contributed by atoms with Crippen LogP contribution >= 0.6 is 0 Å². The number of aliphatic hydroxyl groups is 1. The summed E-state index contributed by atoms with van der Waals surface area (Å²) >= 11 is 0. The number of fused-ring (bicyclic) bond motifs is 1. The second kappa shape index (κ2) is 5.25. The topological polar surface area (TPSA) is 23.5 Å². The van der Waals surface area contributed by atoms with E-state index in [-0.39, 0.29) is 18.2 Å².